The maximum atomic E-state index is 12.3. The van der Waals surface area contributed by atoms with Gasteiger partial charge in [0.25, 0.3) is 5.56 Å². The molecule has 0 N–H and O–H groups in total. The number of benzene rings is 1. The van der Waals surface area contributed by atoms with Crippen molar-refractivity contribution < 1.29 is 0 Å². The Morgan fingerprint density at radius 2 is 1.92 bits per heavy atom. The average Bonchev–Trinajstić information content (AvgIpc) is 2.57. The molecule has 0 radical (unpaired) electrons. The lowest BCUT2D eigenvalue weighted by atomic mass is 10.2. The topological polar surface area (TPSA) is 37.6 Å². The molecule has 1 aromatic carbocycles. The number of pyridine rings is 1. The third kappa shape index (κ3) is 3.66. The molecule has 0 aliphatic carbocycles. The van der Waals surface area contributed by atoms with E-state index >= 15 is 0 Å². The molecule has 0 fully saturated rings. The van der Waals surface area contributed by atoms with E-state index in [-0.39, 0.29) is 5.56 Å². The minimum atomic E-state index is -0.0405. The van der Waals surface area contributed by atoms with E-state index in [4.69, 9.17) is 11.6 Å². The normalized spacial score (nSPS) is 11.3. The number of hydrogen-bond acceptors (Lipinski definition) is 3. The van der Waals surface area contributed by atoms with Crippen LogP contribution in [0.15, 0.2) is 53.5 Å². The first kappa shape index (κ1) is 16.7. The highest BCUT2D eigenvalue weighted by Gasteiger charge is 2.09. The number of hydrogen-bond donors (Lipinski definition) is 0. The van der Waals surface area contributed by atoms with Gasteiger partial charge in [0.05, 0.1) is 5.69 Å². The van der Waals surface area contributed by atoms with Gasteiger partial charge in [-0.1, -0.05) is 36.7 Å². The van der Waals surface area contributed by atoms with Crippen LogP contribution in [0.4, 0.5) is 0 Å². The highest BCUT2D eigenvalue weighted by molar-refractivity contribution is 6.30. The van der Waals surface area contributed by atoms with Crippen molar-refractivity contribution >= 4 is 17.2 Å². The first-order valence-electron chi connectivity index (χ1n) is 8.01. The number of aryl methyl sites for hydroxylation is 1. The smallest absolute Gasteiger partial charge is 0.258 e. The van der Waals surface area contributed by atoms with Crippen LogP contribution in [0.25, 0.3) is 5.65 Å². The van der Waals surface area contributed by atoms with Crippen molar-refractivity contribution in [2.45, 2.75) is 26.9 Å². The van der Waals surface area contributed by atoms with Crippen molar-refractivity contribution in [3.05, 3.63) is 80.9 Å². The van der Waals surface area contributed by atoms with Gasteiger partial charge in [0.15, 0.2) is 0 Å². The number of nitrogens with zero attached hydrogens (tertiary/aromatic N) is 3. The fraction of sp³-hybridized carbons (Fsp3) is 0.263. The Morgan fingerprint density at radius 3 is 2.62 bits per heavy atom. The van der Waals surface area contributed by atoms with Gasteiger partial charge < -0.3 is 0 Å². The van der Waals surface area contributed by atoms with Gasteiger partial charge in [0.2, 0.25) is 0 Å². The van der Waals surface area contributed by atoms with E-state index in [1.807, 2.05) is 43.3 Å². The van der Waals surface area contributed by atoms with Gasteiger partial charge in [0.1, 0.15) is 5.65 Å². The molecule has 0 aliphatic heterocycles. The summed E-state index contributed by atoms with van der Waals surface area (Å²) in [5.41, 5.74) is 3.67. The Kier molecular flexibility index (Phi) is 4.97. The lowest BCUT2D eigenvalue weighted by molar-refractivity contribution is 0.268. The quantitative estimate of drug-likeness (QED) is 0.710. The van der Waals surface area contributed by atoms with Gasteiger partial charge >= 0.3 is 0 Å². The van der Waals surface area contributed by atoms with Gasteiger partial charge in [-0.2, -0.15) is 0 Å². The van der Waals surface area contributed by atoms with Gasteiger partial charge in [-0.25, -0.2) is 4.98 Å². The molecule has 2 heterocycles. The number of rotatable bonds is 5. The largest absolute Gasteiger partial charge is 0.294 e. The molecule has 3 rings (SSSR count). The molecule has 0 atom stereocenters. The van der Waals surface area contributed by atoms with Crippen molar-refractivity contribution in [2.24, 2.45) is 0 Å². The van der Waals surface area contributed by atoms with Gasteiger partial charge in [-0.15, -0.1) is 0 Å². The van der Waals surface area contributed by atoms with Crippen LogP contribution in [0.1, 0.15) is 23.7 Å². The molecule has 0 spiro atoms. The zero-order valence-electron chi connectivity index (χ0n) is 13.9. The monoisotopic (exact) mass is 341 g/mol. The molecule has 5 heteroatoms. The summed E-state index contributed by atoms with van der Waals surface area (Å²) in [5, 5.41) is 0.737. The summed E-state index contributed by atoms with van der Waals surface area (Å²) in [6.07, 6.45) is 1.76. The van der Waals surface area contributed by atoms with E-state index in [2.05, 4.69) is 16.8 Å². The molecule has 0 unspecified atom stereocenters. The van der Waals surface area contributed by atoms with E-state index in [0.717, 1.165) is 35.0 Å². The SMILES string of the molecule is CCN(Cc1ccc(Cl)cc1)Cc1cc(=O)n2cccc(C)c2n1. The van der Waals surface area contributed by atoms with E-state index < -0.39 is 0 Å². The molecular formula is C19H20ClN3O. The predicted octanol–water partition coefficient (Wildman–Crippen LogP) is 3.68. The van der Waals surface area contributed by atoms with E-state index in [1.165, 1.54) is 5.56 Å². The minimum absolute atomic E-state index is 0.0405. The van der Waals surface area contributed by atoms with E-state index in [1.54, 1.807) is 16.7 Å². The summed E-state index contributed by atoms with van der Waals surface area (Å²) in [6, 6.07) is 13.3. The van der Waals surface area contributed by atoms with Crippen molar-refractivity contribution in [1.82, 2.24) is 14.3 Å². The van der Waals surface area contributed by atoms with Crippen LogP contribution in [0, 0.1) is 6.92 Å². The van der Waals surface area contributed by atoms with Crippen LogP contribution in [0.5, 0.6) is 0 Å². The predicted molar refractivity (Wildman–Crippen MR) is 97.4 cm³/mol. The summed E-state index contributed by atoms with van der Waals surface area (Å²) in [6.45, 7) is 6.38. The third-order valence-electron chi connectivity index (χ3n) is 4.09. The highest BCUT2D eigenvalue weighted by Crippen LogP contribution is 2.13. The van der Waals surface area contributed by atoms with E-state index in [9.17, 15) is 4.79 Å². The standard InChI is InChI=1S/C19H20ClN3O/c1-3-22(12-15-6-8-16(20)9-7-15)13-17-11-18(24)23-10-4-5-14(2)19(23)21-17/h4-11H,3,12-13H2,1-2H3. The lowest BCUT2D eigenvalue weighted by Crippen LogP contribution is -2.25. The van der Waals surface area contributed by atoms with Crippen LogP contribution in [0.2, 0.25) is 5.02 Å². The van der Waals surface area contributed by atoms with Crippen molar-refractivity contribution in [1.29, 1.82) is 0 Å². The number of fused-ring (bicyclic) bond motifs is 1. The van der Waals surface area contributed by atoms with Crippen LogP contribution in [-0.2, 0) is 13.1 Å². The first-order chi connectivity index (χ1) is 11.6. The molecule has 0 bridgehead atoms. The number of aromatic nitrogens is 2. The van der Waals surface area contributed by atoms with Gasteiger partial charge in [0, 0.05) is 30.4 Å². The molecule has 24 heavy (non-hydrogen) atoms. The molecule has 0 aliphatic rings. The van der Waals surface area contributed by atoms with Gasteiger partial charge in [-0.05, 0) is 42.8 Å². The highest BCUT2D eigenvalue weighted by atomic mass is 35.5. The van der Waals surface area contributed by atoms with Crippen molar-refractivity contribution in [3.63, 3.8) is 0 Å². The first-order valence-corrected chi connectivity index (χ1v) is 8.39. The zero-order chi connectivity index (χ0) is 17.1. The molecule has 0 amide bonds. The second kappa shape index (κ2) is 7.16. The lowest BCUT2D eigenvalue weighted by Gasteiger charge is -2.20. The van der Waals surface area contributed by atoms with Crippen LogP contribution < -0.4 is 5.56 Å². The maximum Gasteiger partial charge on any atom is 0.258 e. The average molecular weight is 342 g/mol. The zero-order valence-corrected chi connectivity index (χ0v) is 14.6. The van der Waals surface area contributed by atoms with Gasteiger partial charge in [-0.3, -0.25) is 14.1 Å². The Balaban J connectivity index is 1.85. The van der Waals surface area contributed by atoms with Crippen LogP contribution in [-0.4, -0.2) is 20.8 Å². The summed E-state index contributed by atoms with van der Waals surface area (Å²) in [4.78, 5) is 19.2. The summed E-state index contributed by atoms with van der Waals surface area (Å²) in [7, 11) is 0. The molecule has 4 nitrogen and oxygen atoms in total. The van der Waals surface area contributed by atoms with Crippen LogP contribution in [0.3, 0.4) is 0 Å². The maximum absolute atomic E-state index is 12.3. The van der Waals surface area contributed by atoms with Crippen molar-refractivity contribution in [2.75, 3.05) is 6.54 Å². The van der Waals surface area contributed by atoms with Crippen molar-refractivity contribution in [3.8, 4) is 0 Å². The number of halogens is 1. The Hall–Kier alpha value is -2.17. The second-order valence-electron chi connectivity index (χ2n) is 5.90. The molecule has 124 valence electrons. The molecular weight excluding hydrogens is 322 g/mol. The minimum Gasteiger partial charge on any atom is -0.294 e. The molecule has 0 saturated carbocycles. The molecule has 2 aromatic heterocycles. The van der Waals surface area contributed by atoms with E-state index in [0.29, 0.717) is 6.54 Å². The Morgan fingerprint density at radius 1 is 1.17 bits per heavy atom. The summed E-state index contributed by atoms with van der Waals surface area (Å²) < 4.78 is 1.59. The fourth-order valence-corrected chi connectivity index (χ4v) is 2.87. The third-order valence-corrected chi connectivity index (χ3v) is 4.34. The van der Waals surface area contributed by atoms with Crippen LogP contribution >= 0.6 is 11.6 Å². The molecule has 3 aromatic rings. The molecule has 0 saturated heterocycles. The Labute approximate surface area is 146 Å². The summed E-state index contributed by atoms with van der Waals surface area (Å²) in [5.74, 6) is 0. The Bertz CT molecular complexity index is 903. The summed E-state index contributed by atoms with van der Waals surface area (Å²) >= 11 is 5.94. The fourth-order valence-electron chi connectivity index (χ4n) is 2.75. The second-order valence-corrected chi connectivity index (χ2v) is 6.34.